The predicted molar refractivity (Wildman–Crippen MR) is 203 cm³/mol. The quantitative estimate of drug-likeness (QED) is 0.142. The van der Waals surface area contributed by atoms with Gasteiger partial charge in [0.25, 0.3) is 11.8 Å². The van der Waals surface area contributed by atoms with Crippen molar-refractivity contribution in [3.05, 3.63) is 112 Å². The summed E-state index contributed by atoms with van der Waals surface area (Å²) in [6.45, 7) is 5.60. The molecule has 6 rings (SSSR count). The number of nitrogens with one attached hydrogen (secondary N) is 2. The molecule has 0 atom stereocenters. The summed E-state index contributed by atoms with van der Waals surface area (Å²) in [7, 11) is -6.93. The molecule has 52 heavy (non-hydrogen) atoms. The number of sulfone groups is 2. The summed E-state index contributed by atoms with van der Waals surface area (Å²) in [4.78, 5) is 36.6. The third kappa shape index (κ3) is 8.28. The number of benzene rings is 3. The van der Waals surface area contributed by atoms with Crippen molar-refractivity contribution >= 4 is 87.6 Å². The number of anilines is 4. The SMILES string of the molecule is Cc1cccc(Nc2c(C(N)=O)cnc3c(Cl)cc(S(C)(=O)=O)cc23)c1.Cc1cncc(Nc2c(C(N)=O)cnc3c(C)cc(S(C)(=O)=O)cc23)c1. The van der Waals surface area contributed by atoms with E-state index in [0.717, 1.165) is 29.3 Å². The van der Waals surface area contributed by atoms with E-state index < -0.39 is 31.5 Å². The lowest BCUT2D eigenvalue weighted by Gasteiger charge is -2.15. The molecular weight excluding hydrogens is 726 g/mol. The van der Waals surface area contributed by atoms with Crippen LogP contribution < -0.4 is 22.1 Å². The number of carbonyl (C=O) groups excluding carboxylic acids is 2. The molecule has 16 heteroatoms. The number of pyridine rings is 3. The molecule has 0 saturated heterocycles. The number of nitrogens with two attached hydrogens (primary N) is 2. The minimum atomic E-state index is -3.50. The molecule has 0 unspecified atom stereocenters. The summed E-state index contributed by atoms with van der Waals surface area (Å²) >= 11 is 6.23. The van der Waals surface area contributed by atoms with E-state index in [1.807, 2.05) is 44.2 Å². The first kappa shape index (κ1) is 37.6. The Kier molecular flexibility index (Phi) is 10.5. The molecule has 268 valence electrons. The molecule has 0 fully saturated rings. The van der Waals surface area contributed by atoms with Crippen LogP contribution in [0.15, 0.2) is 89.2 Å². The van der Waals surface area contributed by atoms with Crippen molar-refractivity contribution in [2.45, 2.75) is 30.6 Å². The normalized spacial score (nSPS) is 11.5. The second-order valence-corrected chi connectivity index (χ2v) is 16.6. The van der Waals surface area contributed by atoms with Gasteiger partial charge in [-0.05, 0) is 79.9 Å². The average Bonchev–Trinajstić information content (AvgIpc) is 3.04. The molecule has 3 aromatic carbocycles. The molecule has 13 nitrogen and oxygen atoms in total. The van der Waals surface area contributed by atoms with Gasteiger partial charge in [-0.2, -0.15) is 0 Å². The van der Waals surface area contributed by atoms with Crippen LogP contribution in [-0.4, -0.2) is 56.1 Å². The fourth-order valence-corrected chi connectivity index (χ4v) is 7.11. The van der Waals surface area contributed by atoms with E-state index >= 15 is 0 Å². The summed E-state index contributed by atoms with van der Waals surface area (Å²) in [5, 5.41) is 7.37. The lowest BCUT2D eigenvalue weighted by molar-refractivity contribution is 0.0992. The summed E-state index contributed by atoms with van der Waals surface area (Å²) in [5.41, 5.74) is 17.0. The minimum Gasteiger partial charge on any atom is -0.365 e. The Morgan fingerprint density at radius 1 is 0.654 bits per heavy atom. The third-order valence-corrected chi connectivity index (χ3v) is 10.3. The van der Waals surface area contributed by atoms with Crippen LogP contribution in [-0.2, 0) is 19.7 Å². The van der Waals surface area contributed by atoms with Crippen LogP contribution in [0.4, 0.5) is 22.7 Å². The van der Waals surface area contributed by atoms with Gasteiger partial charge in [-0.25, -0.2) is 16.8 Å². The van der Waals surface area contributed by atoms with Gasteiger partial charge in [0.1, 0.15) is 0 Å². The molecule has 0 aliphatic heterocycles. The Labute approximate surface area is 305 Å². The van der Waals surface area contributed by atoms with Gasteiger partial charge < -0.3 is 22.1 Å². The van der Waals surface area contributed by atoms with E-state index in [4.69, 9.17) is 23.1 Å². The van der Waals surface area contributed by atoms with Crippen LogP contribution in [0.3, 0.4) is 0 Å². The second-order valence-electron chi connectivity index (χ2n) is 12.2. The molecular formula is C36H34ClN7O6S2. The number of halogens is 1. The number of primary amides is 2. The molecule has 3 aromatic heterocycles. The Morgan fingerprint density at radius 2 is 1.17 bits per heavy atom. The maximum atomic E-state index is 12.0. The number of hydrogen-bond acceptors (Lipinski definition) is 11. The maximum absolute atomic E-state index is 12.0. The van der Waals surface area contributed by atoms with Crippen LogP contribution in [0.25, 0.3) is 21.8 Å². The first-order valence-electron chi connectivity index (χ1n) is 15.4. The highest BCUT2D eigenvalue weighted by Crippen LogP contribution is 2.35. The van der Waals surface area contributed by atoms with Gasteiger partial charge in [0.05, 0.1) is 60.2 Å². The number of hydrogen-bond donors (Lipinski definition) is 4. The van der Waals surface area contributed by atoms with Crippen molar-refractivity contribution in [1.82, 2.24) is 15.0 Å². The van der Waals surface area contributed by atoms with Crippen molar-refractivity contribution < 1.29 is 26.4 Å². The zero-order valence-electron chi connectivity index (χ0n) is 28.6. The number of fused-ring (bicyclic) bond motifs is 2. The van der Waals surface area contributed by atoms with Gasteiger partial charge in [-0.15, -0.1) is 0 Å². The summed E-state index contributed by atoms with van der Waals surface area (Å²) in [5.74, 6) is -1.35. The van der Waals surface area contributed by atoms with Crippen molar-refractivity contribution in [3.63, 3.8) is 0 Å². The highest BCUT2D eigenvalue weighted by atomic mass is 35.5. The number of nitrogens with zero attached hydrogens (tertiary/aromatic N) is 3. The second kappa shape index (κ2) is 14.5. The molecule has 0 aliphatic rings. The highest BCUT2D eigenvalue weighted by Gasteiger charge is 2.20. The number of aromatic nitrogens is 3. The zero-order chi connectivity index (χ0) is 38.1. The van der Waals surface area contributed by atoms with Crippen LogP contribution in [0.2, 0.25) is 5.02 Å². The standard InChI is InChI=1S/C18H16ClN3O3S.C18H18N4O3S/c1-10-4-3-5-11(6-10)22-16-13-7-12(26(2,24)25)8-15(19)17(13)21-9-14(16)18(20)23;1-10-4-12(8-20-7-10)22-17-14-6-13(26(3,24)25)5-11(2)16(14)21-9-15(17)18(19)23/h3-9H,1-2H3,(H2,20,23)(H,21,22);4-9H,1-3H3,(H2,19,23)(H,21,22). The molecule has 3 heterocycles. The maximum Gasteiger partial charge on any atom is 0.252 e. The fourth-order valence-electron chi connectivity index (χ4n) is 5.39. The molecule has 0 radical (unpaired) electrons. The number of amides is 2. The van der Waals surface area contributed by atoms with Crippen LogP contribution in [0, 0.1) is 20.8 Å². The third-order valence-electron chi connectivity index (χ3n) is 7.85. The summed E-state index contributed by atoms with van der Waals surface area (Å²) in [6.07, 6.45) is 8.26. The van der Waals surface area contributed by atoms with Crippen LogP contribution in [0.5, 0.6) is 0 Å². The highest BCUT2D eigenvalue weighted by molar-refractivity contribution is 7.91. The first-order valence-corrected chi connectivity index (χ1v) is 19.6. The minimum absolute atomic E-state index is 0.0331. The molecule has 6 aromatic rings. The Morgan fingerprint density at radius 3 is 1.71 bits per heavy atom. The number of rotatable bonds is 8. The average molecular weight is 760 g/mol. The monoisotopic (exact) mass is 759 g/mol. The van der Waals surface area contributed by atoms with Gasteiger partial charge >= 0.3 is 0 Å². The van der Waals surface area contributed by atoms with Crippen molar-refractivity contribution in [2.24, 2.45) is 11.5 Å². The Balaban J connectivity index is 0.000000201. The van der Waals surface area contributed by atoms with Crippen molar-refractivity contribution in [1.29, 1.82) is 0 Å². The van der Waals surface area contributed by atoms with Crippen molar-refractivity contribution in [3.8, 4) is 0 Å². The van der Waals surface area contributed by atoms with Gasteiger partial charge in [0.15, 0.2) is 19.7 Å². The summed E-state index contributed by atoms with van der Waals surface area (Å²) in [6, 6.07) is 15.2. The molecule has 6 N–H and O–H groups in total. The zero-order valence-corrected chi connectivity index (χ0v) is 31.0. The first-order chi connectivity index (χ1) is 24.3. The van der Waals surface area contributed by atoms with E-state index in [-0.39, 0.29) is 25.9 Å². The number of aryl methyl sites for hydroxylation is 3. The number of carbonyl (C=O) groups is 2. The topological polar surface area (TPSA) is 217 Å². The molecule has 0 spiro atoms. The predicted octanol–water partition coefficient (Wildman–Crippen LogP) is 5.94. The van der Waals surface area contributed by atoms with E-state index in [9.17, 15) is 26.4 Å². The fraction of sp³-hybridized carbons (Fsp3) is 0.139. The van der Waals surface area contributed by atoms with Gasteiger partial charge in [0, 0.05) is 47.6 Å². The molecule has 0 saturated carbocycles. The van der Waals surface area contributed by atoms with Crippen LogP contribution in [0.1, 0.15) is 37.4 Å². The Bertz CT molecular complexity index is 2470. The van der Waals surface area contributed by atoms with Crippen molar-refractivity contribution in [2.75, 3.05) is 23.1 Å². The lowest BCUT2D eigenvalue weighted by atomic mass is 10.1. The van der Waals surface area contributed by atoms with E-state index in [1.165, 1.54) is 30.6 Å². The summed E-state index contributed by atoms with van der Waals surface area (Å²) < 4.78 is 48.0. The van der Waals surface area contributed by atoms with E-state index in [0.29, 0.717) is 44.4 Å². The lowest BCUT2D eigenvalue weighted by Crippen LogP contribution is -2.14. The molecule has 0 aliphatic carbocycles. The largest absolute Gasteiger partial charge is 0.365 e. The van der Waals surface area contributed by atoms with E-state index in [2.05, 4.69) is 25.6 Å². The molecule has 2 amide bonds. The molecule has 0 bridgehead atoms. The van der Waals surface area contributed by atoms with Gasteiger partial charge in [-0.3, -0.25) is 24.5 Å². The smallest absolute Gasteiger partial charge is 0.252 e. The Hall–Kier alpha value is -5.64. The van der Waals surface area contributed by atoms with Gasteiger partial charge in [0.2, 0.25) is 0 Å². The van der Waals surface area contributed by atoms with Crippen LogP contribution >= 0.6 is 11.6 Å². The van der Waals surface area contributed by atoms with E-state index in [1.54, 1.807) is 25.4 Å². The van der Waals surface area contributed by atoms with Gasteiger partial charge in [-0.1, -0.05) is 23.7 Å².